The highest BCUT2D eigenvalue weighted by atomic mass is 16.5. The molecule has 6 nitrogen and oxygen atoms in total. The van der Waals surface area contributed by atoms with Crippen LogP contribution in [-0.2, 0) is 6.54 Å². The number of hydrogen-bond acceptors (Lipinski definition) is 4. The highest BCUT2D eigenvalue weighted by molar-refractivity contribution is 6.06. The van der Waals surface area contributed by atoms with Crippen LogP contribution in [0.1, 0.15) is 29.4 Å². The van der Waals surface area contributed by atoms with Crippen molar-refractivity contribution in [1.29, 1.82) is 0 Å². The molecule has 0 aliphatic heterocycles. The van der Waals surface area contributed by atoms with E-state index < -0.39 is 0 Å². The van der Waals surface area contributed by atoms with Crippen LogP contribution in [0, 0.1) is 6.92 Å². The van der Waals surface area contributed by atoms with Crippen molar-refractivity contribution in [3.63, 3.8) is 0 Å². The van der Waals surface area contributed by atoms with Gasteiger partial charge in [-0.2, -0.15) is 5.10 Å². The van der Waals surface area contributed by atoms with Gasteiger partial charge in [-0.05, 0) is 25.5 Å². The number of carbonyl (C=O) groups excluding carboxylic acids is 1. The predicted octanol–water partition coefficient (Wildman–Crippen LogP) is 2.87. The normalized spacial score (nSPS) is 10.4. The summed E-state index contributed by atoms with van der Waals surface area (Å²) in [6.07, 6.45) is 0.940. The first-order valence-electron chi connectivity index (χ1n) is 7.16. The van der Waals surface area contributed by atoms with Crippen LogP contribution in [0.4, 0.5) is 5.82 Å². The van der Waals surface area contributed by atoms with Crippen molar-refractivity contribution in [2.24, 2.45) is 0 Å². The Labute approximate surface area is 130 Å². The maximum Gasteiger partial charge on any atom is 0.260 e. The van der Waals surface area contributed by atoms with Crippen molar-refractivity contribution in [1.82, 2.24) is 9.78 Å². The number of amides is 1. The van der Waals surface area contributed by atoms with E-state index in [1.807, 2.05) is 13.0 Å². The molecular formula is C16H21N3O3. The molecule has 6 heteroatoms. The molecule has 0 aliphatic carbocycles. The van der Waals surface area contributed by atoms with Crippen LogP contribution in [0.3, 0.4) is 0 Å². The van der Waals surface area contributed by atoms with Crippen molar-refractivity contribution < 1.29 is 14.3 Å². The molecular weight excluding hydrogens is 282 g/mol. The van der Waals surface area contributed by atoms with Gasteiger partial charge in [0.05, 0.1) is 25.5 Å². The van der Waals surface area contributed by atoms with Gasteiger partial charge in [0.2, 0.25) is 0 Å². The molecule has 0 fully saturated rings. The van der Waals surface area contributed by atoms with Crippen molar-refractivity contribution in [3.8, 4) is 11.5 Å². The lowest BCUT2D eigenvalue weighted by molar-refractivity contribution is 0.102. The molecule has 0 bridgehead atoms. The molecule has 118 valence electrons. The molecule has 1 heterocycles. The zero-order chi connectivity index (χ0) is 16.1. The minimum Gasteiger partial charge on any atom is -0.497 e. The molecule has 22 heavy (non-hydrogen) atoms. The molecule has 1 N–H and O–H groups in total. The summed E-state index contributed by atoms with van der Waals surface area (Å²) >= 11 is 0. The second kappa shape index (κ2) is 6.98. The van der Waals surface area contributed by atoms with Crippen molar-refractivity contribution in [2.45, 2.75) is 26.8 Å². The fraction of sp³-hybridized carbons (Fsp3) is 0.375. The Balaban J connectivity index is 2.26. The predicted molar refractivity (Wildman–Crippen MR) is 84.8 cm³/mol. The summed E-state index contributed by atoms with van der Waals surface area (Å²) in [4.78, 5) is 12.5. The highest BCUT2D eigenvalue weighted by Gasteiger charge is 2.15. The number of nitrogens with zero attached hydrogens (tertiary/aromatic N) is 2. The van der Waals surface area contributed by atoms with Crippen LogP contribution < -0.4 is 14.8 Å². The zero-order valence-corrected chi connectivity index (χ0v) is 13.3. The van der Waals surface area contributed by atoms with Gasteiger partial charge >= 0.3 is 0 Å². The molecule has 1 aromatic carbocycles. The Morgan fingerprint density at radius 3 is 2.68 bits per heavy atom. The summed E-state index contributed by atoms with van der Waals surface area (Å²) in [5.41, 5.74) is 1.32. The van der Waals surface area contributed by atoms with Gasteiger partial charge in [0, 0.05) is 18.7 Å². The topological polar surface area (TPSA) is 65.4 Å². The van der Waals surface area contributed by atoms with E-state index in [1.54, 1.807) is 30.0 Å². The molecule has 0 atom stereocenters. The van der Waals surface area contributed by atoms with Crippen LogP contribution in [0.25, 0.3) is 0 Å². The third-order valence-corrected chi connectivity index (χ3v) is 3.23. The average molecular weight is 303 g/mol. The third kappa shape index (κ3) is 3.39. The number of rotatable bonds is 6. The van der Waals surface area contributed by atoms with E-state index in [-0.39, 0.29) is 5.91 Å². The second-order valence-electron chi connectivity index (χ2n) is 4.91. The molecule has 0 saturated heterocycles. The van der Waals surface area contributed by atoms with Gasteiger partial charge in [0.15, 0.2) is 0 Å². The van der Waals surface area contributed by atoms with E-state index in [4.69, 9.17) is 9.47 Å². The number of hydrogen-bond donors (Lipinski definition) is 1. The second-order valence-corrected chi connectivity index (χ2v) is 4.91. The summed E-state index contributed by atoms with van der Waals surface area (Å²) in [5, 5.41) is 7.25. The molecule has 0 saturated carbocycles. The third-order valence-electron chi connectivity index (χ3n) is 3.23. The fourth-order valence-corrected chi connectivity index (χ4v) is 2.20. The minimum atomic E-state index is -0.239. The van der Waals surface area contributed by atoms with Gasteiger partial charge < -0.3 is 14.8 Å². The summed E-state index contributed by atoms with van der Waals surface area (Å²) in [5.74, 6) is 1.55. The van der Waals surface area contributed by atoms with Crippen LogP contribution >= 0.6 is 0 Å². The molecule has 0 unspecified atom stereocenters. The molecule has 1 amide bonds. The SMILES string of the molecule is CCCn1nc(C)cc1NC(=O)c1ccc(OC)cc1OC. The van der Waals surface area contributed by atoms with E-state index in [0.717, 1.165) is 18.7 Å². The van der Waals surface area contributed by atoms with Crippen LogP contribution in [0.2, 0.25) is 0 Å². The lowest BCUT2D eigenvalue weighted by Crippen LogP contribution is -2.16. The largest absolute Gasteiger partial charge is 0.497 e. The molecule has 1 aromatic heterocycles. The van der Waals surface area contributed by atoms with Gasteiger partial charge in [-0.3, -0.25) is 4.79 Å². The standard InChI is InChI=1S/C16H21N3O3/c1-5-8-19-15(9-11(2)18-19)17-16(20)13-7-6-12(21-3)10-14(13)22-4/h6-7,9-10H,5,8H2,1-4H3,(H,17,20). The van der Waals surface area contributed by atoms with Gasteiger partial charge in [0.25, 0.3) is 5.91 Å². The van der Waals surface area contributed by atoms with Crippen molar-refractivity contribution in [2.75, 3.05) is 19.5 Å². The van der Waals surface area contributed by atoms with E-state index in [2.05, 4.69) is 17.3 Å². The monoisotopic (exact) mass is 303 g/mol. The molecule has 2 rings (SSSR count). The van der Waals surface area contributed by atoms with Gasteiger partial charge in [-0.25, -0.2) is 4.68 Å². The highest BCUT2D eigenvalue weighted by Crippen LogP contribution is 2.25. The smallest absolute Gasteiger partial charge is 0.260 e. The Morgan fingerprint density at radius 1 is 1.27 bits per heavy atom. The first-order chi connectivity index (χ1) is 10.6. The maximum atomic E-state index is 12.5. The summed E-state index contributed by atoms with van der Waals surface area (Å²) in [7, 11) is 3.09. The number of aryl methyl sites for hydroxylation is 2. The van der Waals surface area contributed by atoms with E-state index in [9.17, 15) is 4.79 Å². The van der Waals surface area contributed by atoms with E-state index in [0.29, 0.717) is 22.9 Å². The van der Waals surface area contributed by atoms with Crippen molar-refractivity contribution >= 4 is 11.7 Å². The number of aromatic nitrogens is 2. The summed E-state index contributed by atoms with van der Waals surface area (Å²) < 4.78 is 12.2. The number of ether oxygens (including phenoxy) is 2. The maximum absolute atomic E-state index is 12.5. The molecule has 2 aromatic rings. The van der Waals surface area contributed by atoms with Crippen LogP contribution in [-0.4, -0.2) is 29.9 Å². The number of anilines is 1. The minimum absolute atomic E-state index is 0.239. The first kappa shape index (κ1) is 15.9. The zero-order valence-electron chi connectivity index (χ0n) is 13.3. The Kier molecular flexibility index (Phi) is 5.04. The van der Waals surface area contributed by atoms with Crippen molar-refractivity contribution in [3.05, 3.63) is 35.5 Å². The number of carbonyl (C=O) groups is 1. The van der Waals surface area contributed by atoms with Crippen LogP contribution in [0.5, 0.6) is 11.5 Å². The van der Waals surface area contributed by atoms with Gasteiger partial charge in [-0.15, -0.1) is 0 Å². The van der Waals surface area contributed by atoms with E-state index >= 15 is 0 Å². The lowest BCUT2D eigenvalue weighted by Gasteiger charge is -2.11. The Hall–Kier alpha value is -2.50. The van der Waals surface area contributed by atoms with E-state index in [1.165, 1.54) is 7.11 Å². The fourth-order valence-electron chi connectivity index (χ4n) is 2.20. The molecule has 0 aliphatic rings. The number of nitrogens with one attached hydrogen (secondary N) is 1. The average Bonchev–Trinajstić information content (AvgIpc) is 2.86. The van der Waals surface area contributed by atoms with Crippen LogP contribution in [0.15, 0.2) is 24.3 Å². The van der Waals surface area contributed by atoms with Gasteiger partial charge in [-0.1, -0.05) is 6.92 Å². The summed E-state index contributed by atoms with van der Waals surface area (Å²) in [6.45, 7) is 4.72. The van der Waals surface area contributed by atoms with Gasteiger partial charge in [0.1, 0.15) is 17.3 Å². The Morgan fingerprint density at radius 2 is 2.05 bits per heavy atom. The first-order valence-corrected chi connectivity index (χ1v) is 7.16. The number of benzene rings is 1. The lowest BCUT2D eigenvalue weighted by atomic mass is 10.1. The summed E-state index contributed by atoms with van der Waals surface area (Å²) in [6, 6.07) is 6.94. The quantitative estimate of drug-likeness (QED) is 0.891. The Bertz CT molecular complexity index is 665. The molecule has 0 spiro atoms. The molecule has 0 radical (unpaired) electrons. The number of methoxy groups -OCH3 is 2.